The number of hydrogen-bond donors (Lipinski definition) is 1. The van der Waals surface area contributed by atoms with Crippen LogP contribution in [0.1, 0.15) is 49.9 Å². The number of hydrogen-bond acceptors (Lipinski definition) is 4. The molecule has 0 unspecified atom stereocenters. The number of nitrogens with zero attached hydrogens (tertiary/aromatic N) is 1. The Morgan fingerprint density at radius 3 is 2.14 bits per heavy atom. The maximum Gasteiger partial charge on any atom is 0.338 e. The molecule has 0 spiro atoms. The SMILES string of the molecule is CCCCN(CCCC)CCOC(=O)c1ccc(O)cc1. The summed E-state index contributed by atoms with van der Waals surface area (Å²) >= 11 is 0. The van der Waals surface area contributed by atoms with Gasteiger partial charge in [-0.25, -0.2) is 4.79 Å². The molecule has 0 aliphatic carbocycles. The first-order valence-electron chi connectivity index (χ1n) is 7.85. The zero-order chi connectivity index (χ0) is 15.5. The quantitative estimate of drug-likeness (QED) is 0.671. The van der Waals surface area contributed by atoms with Crippen molar-refractivity contribution in [3.05, 3.63) is 29.8 Å². The first kappa shape index (κ1) is 17.5. The van der Waals surface area contributed by atoms with Crippen LogP contribution < -0.4 is 0 Å². The van der Waals surface area contributed by atoms with Gasteiger partial charge in [0.25, 0.3) is 0 Å². The normalized spacial score (nSPS) is 10.8. The summed E-state index contributed by atoms with van der Waals surface area (Å²) in [6.45, 7) is 7.68. The number of unbranched alkanes of at least 4 members (excludes halogenated alkanes) is 2. The first-order valence-corrected chi connectivity index (χ1v) is 7.85. The highest BCUT2D eigenvalue weighted by molar-refractivity contribution is 5.89. The highest BCUT2D eigenvalue weighted by Gasteiger charge is 2.09. The van der Waals surface area contributed by atoms with E-state index in [0.29, 0.717) is 12.2 Å². The van der Waals surface area contributed by atoms with Gasteiger partial charge in [0.1, 0.15) is 12.4 Å². The number of rotatable bonds is 10. The van der Waals surface area contributed by atoms with E-state index in [2.05, 4.69) is 18.7 Å². The molecule has 21 heavy (non-hydrogen) atoms. The van der Waals surface area contributed by atoms with Gasteiger partial charge in [0.15, 0.2) is 0 Å². The van der Waals surface area contributed by atoms with Gasteiger partial charge in [-0.05, 0) is 50.2 Å². The molecule has 0 bridgehead atoms. The van der Waals surface area contributed by atoms with Crippen molar-refractivity contribution in [2.45, 2.75) is 39.5 Å². The Labute approximate surface area is 127 Å². The molecular formula is C17H27NO3. The number of ether oxygens (including phenoxy) is 1. The number of carbonyl (C=O) groups is 1. The highest BCUT2D eigenvalue weighted by atomic mass is 16.5. The molecule has 0 radical (unpaired) electrons. The molecule has 0 saturated heterocycles. The number of phenolic OH excluding ortho intramolecular Hbond substituents is 1. The van der Waals surface area contributed by atoms with Gasteiger partial charge in [-0.15, -0.1) is 0 Å². The Kier molecular flexibility index (Phi) is 8.51. The Morgan fingerprint density at radius 2 is 1.62 bits per heavy atom. The van der Waals surface area contributed by atoms with Gasteiger partial charge in [0.05, 0.1) is 5.56 Å². The molecule has 1 aromatic carbocycles. The van der Waals surface area contributed by atoms with Gasteiger partial charge in [-0.1, -0.05) is 26.7 Å². The van der Waals surface area contributed by atoms with Crippen LogP contribution in [-0.2, 0) is 4.74 Å². The second-order valence-electron chi connectivity index (χ2n) is 5.23. The summed E-state index contributed by atoms with van der Waals surface area (Å²) in [5, 5.41) is 9.19. The molecule has 0 heterocycles. The van der Waals surface area contributed by atoms with Gasteiger partial charge in [-0.3, -0.25) is 4.90 Å². The fourth-order valence-corrected chi connectivity index (χ4v) is 2.05. The van der Waals surface area contributed by atoms with E-state index in [-0.39, 0.29) is 11.7 Å². The maximum absolute atomic E-state index is 11.8. The maximum atomic E-state index is 11.8. The molecule has 0 aliphatic rings. The monoisotopic (exact) mass is 293 g/mol. The Bertz CT molecular complexity index is 395. The Balaban J connectivity index is 2.34. The Morgan fingerprint density at radius 1 is 1.05 bits per heavy atom. The van der Waals surface area contributed by atoms with Gasteiger partial charge in [-0.2, -0.15) is 0 Å². The van der Waals surface area contributed by atoms with E-state index in [1.807, 2.05) is 0 Å². The molecule has 118 valence electrons. The van der Waals surface area contributed by atoms with E-state index in [1.54, 1.807) is 12.1 Å². The van der Waals surface area contributed by atoms with Crippen molar-refractivity contribution < 1.29 is 14.6 Å². The van der Waals surface area contributed by atoms with Crippen LogP contribution in [0.25, 0.3) is 0 Å². The third kappa shape index (κ3) is 7.14. The van der Waals surface area contributed by atoms with Crippen molar-refractivity contribution in [3.63, 3.8) is 0 Å². The molecule has 0 saturated carbocycles. The van der Waals surface area contributed by atoms with E-state index >= 15 is 0 Å². The average Bonchev–Trinajstić information content (AvgIpc) is 2.50. The van der Waals surface area contributed by atoms with Crippen molar-refractivity contribution in [2.24, 2.45) is 0 Å². The molecular weight excluding hydrogens is 266 g/mol. The standard InChI is InChI=1S/C17H27NO3/c1-3-5-11-18(12-6-4-2)13-14-21-17(20)15-7-9-16(19)10-8-15/h7-10,19H,3-6,11-14H2,1-2H3. The van der Waals surface area contributed by atoms with Crippen LogP contribution in [0.4, 0.5) is 0 Å². The Hall–Kier alpha value is -1.55. The van der Waals surface area contributed by atoms with E-state index in [4.69, 9.17) is 4.74 Å². The first-order chi connectivity index (χ1) is 10.2. The van der Waals surface area contributed by atoms with Crippen molar-refractivity contribution in [2.75, 3.05) is 26.2 Å². The summed E-state index contributed by atoms with van der Waals surface area (Å²) < 4.78 is 5.30. The molecule has 1 rings (SSSR count). The van der Waals surface area contributed by atoms with Gasteiger partial charge in [0.2, 0.25) is 0 Å². The number of phenols is 1. The van der Waals surface area contributed by atoms with Crippen LogP contribution in [0.3, 0.4) is 0 Å². The van der Waals surface area contributed by atoms with E-state index < -0.39 is 0 Å². The number of carbonyl (C=O) groups excluding carboxylic acids is 1. The van der Waals surface area contributed by atoms with Crippen molar-refractivity contribution in [3.8, 4) is 5.75 Å². The molecule has 0 aliphatic heterocycles. The minimum Gasteiger partial charge on any atom is -0.508 e. The van der Waals surface area contributed by atoms with Crippen LogP contribution >= 0.6 is 0 Å². The molecule has 1 aromatic rings. The average molecular weight is 293 g/mol. The zero-order valence-electron chi connectivity index (χ0n) is 13.2. The van der Waals surface area contributed by atoms with Crippen LogP contribution in [0, 0.1) is 0 Å². The minimum atomic E-state index is -0.332. The predicted octanol–water partition coefficient (Wildman–Crippen LogP) is 3.45. The largest absolute Gasteiger partial charge is 0.508 e. The fraction of sp³-hybridized carbons (Fsp3) is 0.588. The van der Waals surface area contributed by atoms with Crippen molar-refractivity contribution >= 4 is 5.97 Å². The smallest absolute Gasteiger partial charge is 0.338 e. The van der Waals surface area contributed by atoms with E-state index in [0.717, 1.165) is 19.6 Å². The van der Waals surface area contributed by atoms with Crippen LogP contribution in [0.2, 0.25) is 0 Å². The van der Waals surface area contributed by atoms with Gasteiger partial charge >= 0.3 is 5.97 Å². The lowest BCUT2D eigenvalue weighted by Crippen LogP contribution is -2.30. The van der Waals surface area contributed by atoms with Gasteiger partial charge < -0.3 is 9.84 Å². The molecule has 4 heteroatoms. The van der Waals surface area contributed by atoms with Crippen molar-refractivity contribution in [1.82, 2.24) is 4.90 Å². The number of benzene rings is 1. The van der Waals surface area contributed by atoms with E-state index in [1.165, 1.54) is 37.8 Å². The lowest BCUT2D eigenvalue weighted by Gasteiger charge is -2.21. The number of aromatic hydroxyl groups is 1. The van der Waals surface area contributed by atoms with Crippen LogP contribution in [0.5, 0.6) is 5.75 Å². The third-order valence-corrected chi connectivity index (χ3v) is 3.40. The van der Waals surface area contributed by atoms with Crippen LogP contribution in [-0.4, -0.2) is 42.2 Å². The summed E-state index contributed by atoms with van der Waals surface area (Å²) in [6.07, 6.45) is 4.71. The fourth-order valence-electron chi connectivity index (χ4n) is 2.05. The minimum absolute atomic E-state index is 0.150. The number of esters is 1. The summed E-state index contributed by atoms with van der Waals surface area (Å²) in [4.78, 5) is 14.2. The van der Waals surface area contributed by atoms with Crippen LogP contribution in [0.15, 0.2) is 24.3 Å². The second kappa shape index (κ2) is 10.2. The highest BCUT2D eigenvalue weighted by Crippen LogP contribution is 2.10. The van der Waals surface area contributed by atoms with E-state index in [9.17, 15) is 9.90 Å². The molecule has 0 atom stereocenters. The zero-order valence-corrected chi connectivity index (χ0v) is 13.2. The lowest BCUT2D eigenvalue weighted by atomic mass is 10.2. The lowest BCUT2D eigenvalue weighted by molar-refractivity contribution is 0.0460. The summed E-state index contributed by atoms with van der Waals surface area (Å²) in [6, 6.07) is 6.13. The third-order valence-electron chi connectivity index (χ3n) is 3.40. The predicted molar refractivity (Wildman–Crippen MR) is 84.6 cm³/mol. The van der Waals surface area contributed by atoms with Gasteiger partial charge in [0, 0.05) is 6.54 Å². The molecule has 0 aromatic heterocycles. The summed E-state index contributed by atoms with van der Waals surface area (Å²) in [5.41, 5.74) is 0.474. The molecule has 0 amide bonds. The summed E-state index contributed by atoms with van der Waals surface area (Å²) in [7, 11) is 0. The molecule has 4 nitrogen and oxygen atoms in total. The topological polar surface area (TPSA) is 49.8 Å². The molecule has 1 N–H and O–H groups in total. The summed E-state index contributed by atoms with van der Waals surface area (Å²) in [5.74, 6) is -0.183. The van der Waals surface area contributed by atoms with Crippen molar-refractivity contribution in [1.29, 1.82) is 0 Å². The second-order valence-corrected chi connectivity index (χ2v) is 5.23. The molecule has 0 fully saturated rings.